The molecule has 2 N–H and O–H groups in total. The zero-order valence-corrected chi connectivity index (χ0v) is 13.1. The number of benzene rings is 1. The van der Waals surface area contributed by atoms with E-state index in [0.717, 1.165) is 30.0 Å². The van der Waals surface area contributed by atoms with Crippen molar-refractivity contribution in [2.45, 2.75) is 33.6 Å². The summed E-state index contributed by atoms with van der Waals surface area (Å²) in [6, 6.07) is 7.06. The van der Waals surface area contributed by atoms with Gasteiger partial charge in [0.15, 0.2) is 5.82 Å². The molecule has 1 aromatic heterocycles. The van der Waals surface area contributed by atoms with Gasteiger partial charge in [-0.1, -0.05) is 26.0 Å². The Labute approximate surface area is 126 Å². The van der Waals surface area contributed by atoms with Crippen LogP contribution in [0, 0.1) is 13.8 Å². The van der Waals surface area contributed by atoms with Crippen molar-refractivity contribution >= 4 is 0 Å². The summed E-state index contributed by atoms with van der Waals surface area (Å²) in [5.41, 5.74) is 4.06. The predicted octanol–water partition coefficient (Wildman–Crippen LogP) is 3.18. The van der Waals surface area contributed by atoms with Gasteiger partial charge < -0.3 is 10.4 Å². The summed E-state index contributed by atoms with van der Waals surface area (Å²) >= 11 is 0. The predicted molar refractivity (Wildman–Crippen MR) is 85.6 cm³/mol. The first kappa shape index (κ1) is 15.4. The van der Waals surface area contributed by atoms with Gasteiger partial charge in [0.2, 0.25) is 0 Å². The van der Waals surface area contributed by atoms with Gasteiger partial charge in [0.1, 0.15) is 5.75 Å². The number of likely N-dealkylation sites (N-methyl/N-ethyl adjacent to an activating group) is 1. The lowest BCUT2D eigenvalue weighted by atomic mass is 9.97. The fraction of sp³-hybridized carbons (Fsp3) is 0.412. The highest BCUT2D eigenvalue weighted by atomic mass is 16.3. The Morgan fingerprint density at radius 2 is 1.86 bits per heavy atom. The van der Waals surface area contributed by atoms with Gasteiger partial charge >= 0.3 is 0 Å². The van der Waals surface area contributed by atoms with Crippen molar-refractivity contribution in [1.29, 1.82) is 0 Å². The van der Waals surface area contributed by atoms with Crippen molar-refractivity contribution in [3.8, 4) is 17.1 Å². The van der Waals surface area contributed by atoms with E-state index in [1.807, 2.05) is 19.9 Å². The second kappa shape index (κ2) is 6.68. The third-order valence-corrected chi connectivity index (χ3v) is 3.62. The Hall–Kier alpha value is -1.94. The van der Waals surface area contributed by atoms with E-state index in [4.69, 9.17) is 0 Å². The smallest absolute Gasteiger partial charge is 0.159 e. The van der Waals surface area contributed by atoms with Gasteiger partial charge in [0.05, 0.1) is 0 Å². The number of rotatable bonds is 5. The molecule has 0 aliphatic carbocycles. The van der Waals surface area contributed by atoms with Crippen LogP contribution in [-0.2, 0) is 0 Å². The van der Waals surface area contributed by atoms with Crippen molar-refractivity contribution in [2.24, 2.45) is 0 Å². The van der Waals surface area contributed by atoms with E-state index in [0.29, 0.717) is 11.7 Å². The third kappa shape index (κ3) is 3.58. The number of aromatic hydroxyl groups is 1. The average molecular weight is 285 g/mol. The summed E-state index contributed by atoms with van der Waals surface area (Å²) in [4.78, 5) is 9.25. The molecule has 1 aromatic carbocycles. The molecule has 0 radical (unpaired) electrons. The Morgan fingerprint density at radius 3 is 2.43 bits per heavy atom. The second-order valence-corrected chi connectivity index (χ2v) is 5.39. The summed E-state index contributed by atoms with van der Waals surface area (Å²) < 4.78 is 0. The van der Waals surface area contributed by atoms with Gasteiger partial charge in [-0.15, -0.1) is 0 Å². The summed E-state index contributed by atoms with van der Waals surface area (Å²) in [6.45, 7) is 10.2. The molecule has 0 saturated heterocycles. The summed E-state index contributed by atoms with van der Waals surface area (Å²) in [5.74, 6) is 1.28. The van der Waals surface area contributed by atoms with Gasteiger partial charge in [0, 0.05) is 23.5 Å². The van der Waals surface area contributed by atoms with Crippen LogP contribution in [-0.4, -0.2) is 28.2 Å². The molecule has 0 fully saturated rings. The minimum atomic E-state index is 0.232. The van der Waals surface area contributed by atoms with E-state index in [1.54, 1.807) is 18.2 Å². The van der Waals surface area contributed by atoms with E-state index in [1.165, 1.54) is 5.56 Å². The van der Waals surface area contributed by atoms with E-state index >= 15 is 0 Å². The first-order valence-corrected chi connectivity index (χ1v) is 7.38. The molecule has 0 aliphatic rings. The van der Waals surface area contributed by atoms with Crippen molar-refractivity contribution < 1.29 is 5.11 Å². The number of hydrogen-bond donors (Lipinski definition) is 2. The quantitative estimate of drug-likeness (QED) is 0.886. The lowest BCUT2D eigenvalue weighted by Crippen LogP contribution is -2.21. The standard InChI is InChI=1S/C17H23N3O/c1-5-18-10-11(2)16-12(3)19-17(20-13(16)4)14-7-6-8-15(21)9-14/h6-9,11,18,21H,5,10H2,1-4H3. The summed E-state index contributed by atoms with van der Waals surface area (Å²) in [5, 5.41) is 13.0. The van der Waals surface area contributed by atoms with E-state index in [9.17, 15) is 5.11 Å². The molecule has 1 heterocycles. The van der Waals surface area contributed by atoms with Gasteiger partial charge in [-0.2, -0.15) is 0 Å². The van der Waals surface area contributed by atoms with Crippen molar-refractivity contribution in [1.82, 2.24) is 15.3 Å². The van der Waals surface area contributed by atoms with Gasteiger partial charge in [0.25, 0.3) is 0 Å². The lowest BCUT2D eigenvalue weighted by Gasteiger charge is -2.17. The average Bonchev–Trinajstić information content (AvgIpc) is 2.44. The third-order valence-electron chi connectivity index (χ3n) is 3.62. The number of nitrogens with zero attached hydrogens (tertiary/aromatic N) is 2. The number of aryl methyl sites for hydroxylation is 2. The monoisotopic (exact) mass is 285 g/mol. The van der Waals surface area contributed by atoms with Crippen LogP contribution in [0.1, 0.15) is 36.7 Å². The van der Waals surface area contributed by atoms with Crippen molar-refractivity contribution in [3.05, 3.63) is 41.2 Å². The topological polar surface area (TPSA) is 58.0 Å². The molecule has 1 atom stereocenters. The Balaban J connectivity index is 2.37. The molecule has 2 aromatic rings. The minimum absolute atomic E-state index is 0.232. The maximum atomic E-state index is 9.59. The Kier molecular flexibility index (Phi) is 4.91. The molecule has 4 heteroatoms. The normalized spacial score (nSPS) is 12.4. The number of phenolic OH excluding ortho intramolecular Hbond substituents is 1. The molecule has 21 heavy (non-hydrogen) atoms. The van der Waals surface area contributed by atoms with E-state index < -0.39 is 0 Å². The van der Waals surface area contributed by atoms with Crippen LogP contribution < -0.4 is 5.32 Å². The van der Waals surface area contributed by atoms with Gasteiger partial charge in [-0.3, -0.25) is 0 Å². The van der Waals surface area contributed by atoms with Crippen LogP contribution >= 0.6 is 0 Å². The molecule has 1 unspecified atom stereocenters. The highest BCUT2D eigenvalue weighted by Crippen LogP contribution is 2.25. The summed E-state index contributed by atoms with van der Waals surface area (Å²) in [6.07, 6.45) is 0. The van der Waals surface area contributed by atoms with Crippen molar-refractivity contribution in [3.63, 3.8) is 0 Å². The molecule has 2 rings (SSSR count). The maximum Gasteiger partial charge on any atom is 0.159 e. The van der Waals surface area contributed by atoms with Crippen LogP contribution in [0.5, 0.6) is 5.75 Å². The van der Waals surface area contributed by atoms with Gasteiger partial charge in [-0.25, -0.2) is 9.97 Å². The molecule has 0 amide bonds. The van der Waals surface area contributed by atoms with Crippen LogP contribution in [0.4, 0.5) is 0 Å². The van der Waals surface area contributed by atoms with Gasteiger partial charge in [-0.05, 0) is 44.0 Å². The fourth-order valence-corrected chi connectivity index (χ4v) is 2.68. The highest BCUT2D eigenvalue weighted by Gasteiger charge is 2.15. The zero-order valence-electron chi connectivity index (χ0n) is 13.1. The van der Waals surface area contributed by atoms with E-state index in [2.05, 4.69) is 29.1 Å². The number of phenols is 1. The van der Waals surface area contributed by atoms with Crippen LogP contribution in [0.15, 0.2) is 24.3 Å². The number of nitrogens with one attached hydrogen (secondary N) is 1. The zero-order chi connectivity index (χ0) is 15.4. The molecule has 0 saturated carbocycles. The first-order valence-electron chi connectivity index (χ1n) is 7.38. The molecule has 4 nitrogen and oxygen atoms in total. The highest BCUT2D eigenvalue weighted by molar-refractivity contribution is 5.58. The largest absolute Gasteiger partial charge is 0.508 e. The molecule has 0 aliphatic heterocycles. The van der Waals surface area contributed by atoms with Crippen molar-refractivity contribution in [2.75, 3.05) is 13.1 Å². The maximum absolute atomic E-state index is 9.59. The fourth-order valence-electron chi connectivity index (χ4n) is 2.68. The minimum Gasteiger partial charge on any atom is -0.508 e. The molecule has 0 spiro atoms. The molecule has 0 bridgehead atoms. The molecule has 112 valence electrons. The number of aromatic nitrogens is 2. The molecular weight excluding hydrogens is 262 g/mol. The SMILES string of the molecule is CCNCC(C)c1c(C)nc(-c2cccc(O)c2)nc1C. The van der Waals surface area contributed by atoms with E-state index in [-0.39, 0.29) is 5.75 Å². The molecular formula is C17H23N3O. The summed E-state index contributed by atoms with van der Waals surface area (Å²) in [7, 11) is 0. The Morgan fingerprint density at radius 1 is 1.19 bits per heavy atom. The Bertz CT molecular complexity index is 602. The number of hydrogen-bond acceptors (Lipinski definition) is 4. The second-order valence-electron chi connectivity index (χ2n) is 5.39. The lowest BCUT2D eigenvalue weighted by molar-refractivity contribution is 0.475. The van der Waals surface area contributed by atoms with Crippen LogP contribution in [0.3, 0.4) is 0 Å². The van der Waals surface area contributed by atoms with Crippen LogP contribution in [0.2, 0.25) is 0 Å². The van der Waals surface area contributed by atoms with Crippen LogP contribution in [0.25, 0.3) is 11.4 Å². The first-order chi connectivity index (χ1) is 10.0.